The Labute approximate surface area is 137 Å². The number of nitrogens with zero attached hydrogens (tertiary/aromatic N) is 2. The molecule has 0 amide bonds. The second-order valence-corrected chi connectivity index (χ2v) is 5.81. The molecule has 1 heterocycles. The van der Waals surface area contributed by atoms with Gasteiger partial charge in [-0.05, 0) is 48.7 Å². The molecule has 112 valence electrons. The van der Waals surface area contributed by atoms with Crippen molar-refractivity contribution in [2.75, 3.05) is 6.26 Å². The molecule has 0 saturated heterocycles. The molecule has 3 rings (SSSR count). The Bertz CT molecular complexity index is 759. The van der Waals surface area contributed by atoms with Crippen LogP contribution in [0.3, 0.4) is 0 Å². The summed E-state index contributed by atoms with van der Waals surface area (Å²) in [5, 5.41) is 4.54. The third kappa shape index (κ3) is 3.61. The molecule has 0 fully saturated rings. The van der Waals surface area contributed by atoms with Crippen LogP contribution in [0.1, 0.15) is 5.82 Å². The first-order valence-corrected chi connectivity index (χ1v) is 8.20. The minimum atomic E-state index is 0.253. The summed E-state index contributed by atoms with van der Waals surface area (Å²) in [6.07, 6.45) is 2.03. The predicted octanol–water partition coefficient (Wildman–Crippen LogP) is 4.69. The smallest absolute Gasteiger partial charge is 0.258 e. The Kier molecular flexibility index (Phi) is 4.65. The third-order valence-corrected chi connectivity index (χ3v) is 3.95. The monoisotopic (exact) mass is 332 g/mol. The Morgan fingerprint density at radius 2 is 2.00 bits per heavy atom. The maximum atomic E-state index is 5.95. The molecule has 0 atom stereocenters. The molecule has 4 nitrogen and oxygen atoms in total. The Morgan fingerprint density at radius 3 is 2.73 bits per heavy atom. The van der Waals surface area contributed by atoms with E-state index in [4.69, 9.17) is 20.9 Å². The van der Waals surface area contributed by atoms with Gasteiger partial charge in [-0.2, -0.15) is 4.98 Å². The van der Waals surface area contributed by atoms with Crippen LogP contribution in [0.15, 0.2) is 57.9 Å². The summed E-state index contributed by atoms with van der Waals surface area (Å²) < 4.78 is 10.9. The summed E-state index contributed by atoms with van der Waals surface area (Å²) >= 11 is 7.64. The van der Waals surface area contributed by atoms with Gasteiger partial charge in [0.05, 0.1) is 0 Å². The Balaban J connectivity index is 1.66. The largest absolute Gasteiger partial charge is 0.485 e. The van der Waals surface area contributed by atoms with Crippen LogP contribution in [0.2, 0.25) is 5.02 Å². The summed E-state index contributed by atoms with van der Waals surface area (Å²) in [7, 11) is 0. The van der Waals surface area contributed by atoms with E-state index in [-0.39, 0.29) is 6.61 Å². The molecule has 0 aliphatic heterocycles. The lowest BCUT2D eigenvalue weighted by molar-refractivity contribution is 0.287. The summed E-state index contributed by atoms with van der Waals surface area (Å²) in [6, 6.07) is 15.1. The van der Waals surface area contributed by atoms with E-state index in [1.54, 1.807) is 23.9 Å². The van der Waals surface area contributed by atoms with Gasteiger partial charge < -0.3 is 9.26 Å². The van der Waals surface area contributed by atoms with E-state index >= 15 is 0 Å². The molecule has 0 unspecified atom stereocenters. The molecule has 0 bridgehead atoms. The molecule has 0 radical (unpaired) electrons. The highest BCUT2D eigenvalue weighted by atomic mass is 35.5. The average molecular weight is 333 g/mol. The summed E-state index contributed by atoms with van der Waals surface area (Å²) in [5.41, 5.74) is 0.788. The van der Waals surface area contributed by atoms with Crippen molar-refractivity contribution in [2.45, 2.75) is 11.5 Å². The first-order valence-electron chi connectivity index (χ1n) is 6.60. The van der Waals surface area contributed by atoms with Crippen LogP contribution in [0.4, 0.5) is 0 Å². The van der Waals surface area contributed by atoms with Crippen LogP contribution >= 0.6 is 23.4 Å². The first-order chi connectivity index (χ1) is 10.7. The van der Waals surface area contributed by atoms with Crippen LogP contribution < -0.4 is 4.74 Å². The first kappa shape index (κ1) is 14.9. The minimum Gasteiger partial charge on any atom is -0.485 e. The van der Waals surface area contributed by atoms with Gasteiger partial charge in [0, 0.05) is 15.5 Å². The normalized spacial score (nSPS) is 10.6. The highest BCUT2D eigenvalue weighted by molar-refractivity contribution is 7.98. The quantitative estimate of drug-likeness (QED) is 0.634. The van der Waals surface area contributed by atoms with Gasteiger partial charge in [0.15, 0.2) is 6.61 Å². The van der Waals surface area contributed by atoms with E-state index < -0.39 is 0 Å². The number of thioether (sulfide) groups is 1. The van der Waals surface area contributed by atoms with E-state index in [2.05, 4.69) is 10.1 Å². The van der Waals surface area contributed by atoms with Crippen LogP contribution in [0, 0.1) is 0 Å². The fourth-order valence-electron chi connectivity index (χ4n) is 1.87. The zero-order valence-electron chi connectivity index (χ0n) is 11.8. The fraction of sp³-hybridized carbons (Fsp3) is 0.125. The zero-order chi connectivity index (χ0) is 15.4. The van der Waals surface area contributed by atoms with Gasteiger partial charge >= 0.3 is 0 Å². The van der Waals surface area contributed by atoms with Crippen LogP contribution in [0.5, 0.6) is 5.75 Å². The molecule has 0 N–H and O–H groups in total. The second kappa shape index (κ2) is 6.85. The summed E-state index contributed by atoms with van der Waals surface area (Å²) in [4.78, 5) is 5.49. The molecule has 0 saturated carbocycles. The van der Waals surface area contributed by atoms with Gasteiger partial charge in [-0.15, -0.1) is 11.8 Å². The van der Waals surface area contributed by atoms with Crippen molar-refractivity contribution in [3.05, 3.63) is 59.4 Å². The van der Waals surface area contributed by atoms with Crippen LogP contribution in [0.25, 0.3) is 11.5 Å². The molecule has 0 aliphatic carbocycles. The molecule has 3 aromatic rings. The molecular formula is C16H13ClN2O2S. The van der Waals surface area contributed by atoms with Crippen molar-refractivity contribution < 1.29 is 9.26 Å². The summed E-state index contributed by atoms with van der Waals surface area (Å²) in [5.74, 6) is 1.69. The van der Waals surface area contributed by atoms with E-state index in [0.29, 0.717) is 16.7 Å². The molecule has 0 aliphatic rings. The SMILES string of the molecule is CSc1ccc(OCc2noc(-c3cccc(Cl)c3)n2)cc1. The number of aromatic nitrogens is 2. The van der Waals surface area contributed by atoms with Crippen molar-refractivity contribution in [2.24, 2.45) is 0 Å². The van der Waals surface area contributed by atoms with Gasteiger partial charge in [-0.25, -0.2) is 0 Å². The van der Waals surface area contributed by atoms with Gasteiger partial charge in [-0.1, -0.05) is 22.8 Å². The topological polar surface area (TPSA) is 48.2 Å². The van der Waals surface area contributed by atoms with Crippen molar-refractivity contribution >= 4 is 23.4 Å². The number of hydrogen-bond donors (Lipinski definition) is 0. The maximum Gasteiger partial charge on any atom is 0.258 e. The van der Waals surface area contributed by atoms with Gasteiger partial charge in [0.1, 0.15) is 5.75 Å². The van der Waals surface area contributed by atoms with Crippen LogP contribution in [-0.4, -0.2) is 16.4 Å². The van der Waals surface area contributed by atoms with Crippen molar-refractivity contribution in [1.82, 2.24) is 10.1 Å². The molecule has 2 aromatic carbocycles. The van der Waals surface area contributed by atoms with E-state index in [1.807, 2.05) is 42.7 Å². The van der Waals surface area contributed by atoms with E-state index in [1.165, 1.54) is 4.90 Å². The highest BCUT2D eigenvalue weighted by Crippen LogP contribution is 2.22. The zero-order valence-corrected chi connectivity index (χ0v) is 13.4. The Hall–Kier alpha value is -1.98. The van der Waals surface area contributed by atoms with Gasteiger partial charge in [-0.3, -0.25) is 0 Å². The number of hydrogen-bond acceptors (Lipinski definition) is 5. The number of rotatable bonds is 5. The molecule has 22 heavy (non-hydrogen) atoms. The van der Waals surface area contributed by atoms with Gasteiger partial charge in [0.2, 0.25) is 5.82 Å². The Morgan fingerprint density at radius 1 is 1.18 bits per heavy atom. The average Bonchev–Trinajstić information content (AvgIpc) is 3.02. The van der Waals surface area contributed by atoms with Crippen LogP contribution in [-0.2, 0) is 6.61 Å². The summed E-state index contributed by atoms with van der Waals surface area (Å²) in [6.45, 7) is 0.253. The second-order valence-electron chi connectivity index (χ2n) is 4.49. The maximum absolute atomic E-state index is 5.95. The lowest BCUT2D eigenvalue weighted by atomic mass is 10.2. The van der Waals surface area contributed by atoms with Crippen molar-refractivity contribution in [3.63, 3.8) is 0 Å². The molecule has 6 heteroatoms. The fourth-order valence-corrected chi connectivity index (χ4v) is 2.47. The number of halogens is 1. The standard InChI is InChI=1S/C16H13ClN2O2S/c1-22-14-7-5-13(6-8-14)20-10-15-18-16(21-19-15)11-3-2-4-12(17)9-11/h2-9H,10H2,1H3. The van der Waals surface area contributed by atoms with Gasteiger partial charge in [0.25, 0.3) is 5.89 Å². The van der Waals surface area contributed by atoms with Crippen molar-refractivity contribution in [3.8, 4) is 17.2 Å². The van der Waals surface area contributed by atoms with E-state index in [9.17, 15) is 0 Å². The van der Waals surface area contributed by atoms with E-state index in [0.717, 1.165) is 11.3 Å². The lowest BCUT2D eigenvalue weighted by Crippen LogP contribution is -1.97. The number of benzene rings is 2. The molecule has 0 spiro atoms. The number of ether oxygens (including phenoxy) is 1. The molecule has 1 aromatic heterocycles. The minimum absolute atomic E-state index is 0.253. The highest BCUT2D eigenvalue weighted by Gasteiger charge is 2.09. The van der Waals surface area contributed by atoms with Crippen molar-refractivity contribution in [1.29, 1.82) is 0 Å². The lowest BCUT2D eigenvalue weighted by Gasteiger charge is -2.03. The molecular weight excluding hydrogens is 320 g/mol. The predicted molar refractivity (Wildman–Crippen MR) is 87.3 cm³/mol. The third-order valence-electron chi connectivity index (χ3n) is 2.97.